The number of fused-ring (bicyclic) bond motifs is 1. The molecule has 0 radical (unpaired) electrons. The van der Waals surface area contributed by atoms with E-state index in [0.717, 1.165) is 23.5 Å². The molecule has 0 atom stereocenters. The largest absolute Gasteiger partial charge is 0.253 e. The summed E-state index contributed by atoms with van der Waals surface area (Å²) < 4.78 is 1.19. The SMILES string of the molecule is CCC/C=N\Nc1nc2ccccc2s1. The third kappa shape index (κ3) is 2.53. The van der Waals surface area contributed by atoms with Crippen molar-refractivity contribution < 1.29 is 0 Å². The second kappa shape index (κ2) is 4.89. The smallest absolute Gasteiger partial charge is 0.204 e. The van der Waals surface area contributed by atoms with Gasteiger partial charge in [-0.15, -0.1) is 0 Å². The average Bonchev–Trinajstić information content (AvgIpc) is 2.67. The number of nitrogens with one attached hydrogen (secondary N) is 1. The molecule has 1 heterocycles. The van der Waals surface area contributed by atoms with Gasteiger partial charge in [0, 0.05) is 6.21 Å². The summed E-state index contributed by atoms with van der Waals surface area (Å²) in [6.07, 6.45) is 4.00. The van der Waals surface area contributed by atoms with Gasteiger partial charge < -0.3 is 0 Å². The summed E-state index contributed by atoms with van der Waals surface area (Å²) in [5.41, 5.74) is 3.97. The van der Waals surface area contributed by atoms with Crippen LogP contribution < -0.4 is 5.43 Å². The van der Waals surface area contributed by atoms with Crippen molar-refractivity contribution in [3.8, 4) is 0 Å². The molecule has 0 aliphatic carbocycles. The van der Waals surface area contributed by atoms with Crippen molar-refractivity contribution in [3.63, 3.8) is 0 Å². The minimum atomic E-state index is 0.851. The van der Waals surface area contributed by atoms with Crippen molar-refractivity contribution in [2.75, 3.05) is 5.43 Å². The van der Waals surface area contributed by atoms with Crippen LogP contribution in [0.4, 0.5) is 5.13 Å². The molecule has 4 heteroatoms. The molecule has 0 aliphatic rings. The molecule has 2 rings (SSSR count). The number of anilines is 1. The predicted octanol–water partition coefficient (Wildman–Crippen LogP) is 3.49. The molecule has 1 aromatic carbocycles. The van der Waals surface area contributed by atoms with E-state index in [2.05, 4.69) is 28.5 Å². The molecule has 3 nitrogen and oxygen atoms in total. The van der Waals surface area contributed by atoms with Gasteiger partial charge in [0.1, 0.15) is 0 Å². The number of hydrogen-bond donors (Lipinski definition) is 1. The summed E-state index contributed by atoms with van der Waals surface area (Å²) in [6, 6.07) is 8.08. The highest BCUT2D eigenvalue weighted by Crippen LogP contribution is 2.25. The topological polar surface area (TPSA) is 37.3 Å². The van der Waals surface area contributed by atoms with Crippen LogP contribution in [0.2, 0.25) is 0 Å². The lowest BCUT2D eigenvalue weighted by atomic mass is 10.3. The van der Waals surface area contributed by atoms with Crippen molar-refractivity contribution in [3.05, 3.63) is 24.3 Å². The molecule has 15 heavy (non-hydrogen) atoms. The maximum atomic E-state index is 4.40. The number of thiazole rings is 1. The minimum Gasteiger partial charge on any atom is -0.253 e. The summed E-state index contributed by atoms with van der Waals surface area (Å²) >= 11 is 1.62. The van der Waals surface area contributed by atoms with E-state index in [9.17, 15) is 0 Å². The van der Waals surface area contributed by atoms with Crippen LogP contribution in [-0.4, -0.2) is 11.2 Å². The number of unbranched alkanes of at least 4 members (excludes halogenated alkanes) is 1. The molecule has 0 fully saturated rings. The molecular formula is C11H13N3S. The van der Waals surface area contributed by atoms with E-state index in [0.29, 0.717) is 0 Å². The maximum absolute atomic E-state index is 4.40. The Bertz CT molecular complexity index is 429. The van der Waals surface area contributed by atoms with Gasteiger partial charge in [0.15, 0.2) is 0 Å². The molecule has 0 saturated heterocycles. The highest BCUT2D eigenvalue weighted by molar-refractivity contribution is 7.22. The zero-order valence-electron chi connectivity index (χ0n) is 8.60. The average molecular weight is 219 g/mol. The molecule has 0 amide bonds. The van der Waals surface area contributed by atoms with Crippen LogP contribution in [0.3, 0.4) is 0 Å². The van der Waals surface area contributed by atoms with Crippen LogP contribution in [0.1, 0.15) is 19.8 Å². The van der Waals surface area contributed by atoms with Crippen LogP contribution >= 0.6 is 11.3 Å². The predicted molar refractivity (Wildman–Crippen MR) is 66.6 cm³/mol. The molecule has 2 aromatic rings. The van der Waals surface area contributed by atoms with E-state index in [1.54, 1.807) is 11.3 Å². The zero-order chi connectivity index (χ0) is 10.5. The third-order valence-corrected chi connectivity index (χ3v) is 2.90. The van der Waals surface area contributed by atoms with Crippen molar-refractivity contribution in [2.45, 2.75) is 19.8 Å². The minimum absolute atomic E-state index is 0.851. The van der Waals surface area contributed by atoms with E-state index in [1.165, 1.54) is 4.70 Å². The van der Waals surface area contributed by atoms with Gasteiger partial charge >= 0.3 is 0 Å². The summed E-state index contributed by atoms with van der Waals surface area (Å²) in [5, 5.41) is 4.95. The van der Waals surface area contributed by atoms with Crippen molar-refractivity contribution >= 4 is 32.9 Å². The van der Waals surface area contributed by atoms with Crippen LogP contribution in [0.5, 0.6) is 0 Å². The van der Waals surface area contributed by atoms with Gasteiger partial charge in [-0.3, -0.25) is 5.43 Å². The van der Waals surface area contributed by atoms with Crippen molar-refractivity contribution in [1.29, 1.82) is 0 Å². The Labute approximate surface area is 92.8 Å². The Balaban J connectivity index is 2.09. The summed E-state index contributed by atoms with van der Waals surface area (Å²) in [5.74, 6) is 0. The molecule has 0 saturated carbocycles. The van der Waals surface area contributed by atoms with Gasteiger partial charge in [-0.05, 0) is 18.6 Å². The molecular weight excluding hydrogens is 206 g/mol. The van der Waals surface area contributed by atoms with Crippen LogP contribution in [0.15, 0.2) is 29.4 Å². The highest BCUT2D eigenvalue weighted by atomic mass is 32.1. The van der Waals surface area contributed by atoms with E-state index in [4.69, 9.17) is 0 Å². The number of hydrogen-bond acceptors (Lipinski definition) is 4. The number of nitrogens with zero attached hydrogens (tertiary/aromatic N) is 2. The first-order valence-electron chi connectivity index (χ1n) is 5.03. The number of hydrazone groups is 1. The fraction of sp³-hybridized carbons (Fsp3) is 0.273. The number of rotatable bonds is 4. The lowest BCUT2D eigenvalue weighted by Gasteiger charge is -1.90. The molecule has 78 valence electrons. The van der Waals surface area contributed by atoms with Crippen molar-refractivity contribution in [2.24, 2.45) is 5.10 Å². The summed E-state index contributed by atoms with van der Waals surface area (Å²) in [7, 11) is 0. The summed E-state index contributed by atoms with van der Waals surface area (Å²) in [4.78, 5) is 4.40. The molecule has 0 unspecified atom stereocenters. The Morgan fingerprint density at radius 3 is 3.13 bits per heavy atom. The number of aromatic nitrogens is 1. The number of para-hydroxylation sites is 1. The molecule has 1 N–H and O–H groups in total. The third-order valence-electron chi connectivity index (χ3n) is 1.96. The van der Waals surface area contributed by atoms with Crippen molar-refractivity contribution in [1.82, 2.24) is 4.98 Å². The van der Waals surface area contributed by atoms with E-state index >= 15 is 0 Å². The molecule has 0 spiro atoms. The summed E-state index contributed by atoms with van der Waals surface area (Å²) in [6.45, 7) is 2.13. The van der Waals surface area contributed by atoms with Gasteiger partial charge in [-0.1, -0.05) is 36.8 Å². The molecule has 1 aromatic heterocycles. The van der Waals surface area contributed by atoms with Crippen LogP contribution in [0, 0.1) is 0 Å². The molecule has 0 bridgehead atoms. The second-order valence-electron chi connectivity index (χ2n) is 3.20. The van der Waals surface area contributed by atoms with Gasteiger partial charge in [0.05, 0.1) is 10.2 Å². The van der Waals surface area contributed by atoms with Gasteiger partial charge in [-0.2, -0.15) is 5.10 Å². The zero-order valence-corrected chi connectivity index (χ0v) is 9.42. The van der Waals surface area contributed by atoms with Gasteiger partial charge in [0.2, 0.25) is 5.13 Å². The fourth-order valence-corrected chi connectivity index (χ4v) is 2.03. The lowest BCUT2D eigenvalue weighted by molar-refractivity contribution is 1.00. The van der Waals surface area contributed by atoms with Crippen LogP contribution in [0.25, 0.3) is 10.2 Å². The first-order valence-corrected chi connectivity index (χ1v) is 5.85. The van der Waals surface area contributed by atoms with Crippen LogP contribution in [-0.2, 0) is 0 Å². The highest BCUT2D eigenvalue weighted by Gasteiger charge is 2.00. The monoisotopic (exact) mass is 219 g/mol. The first kappa shape index (κ1) is 10.1. The van der Waals surface area contributed by atoms with E-state index in [1.807, 2.05) is 24.4 Å². The Hall–Kier alpha value is -1.42. The number of benzene rings is 1. The van der Waals surface area contributed by atoms with E-state index in [-0.39, 0.29) is 0 Å². The Kier molecular flexibility index (Phi) is 3.29. The molecule has 0 aliphatic heterocycles. The fourth-order valence-electron chi connectivity index (χ4n) is 1.21. The standard InChI is InChI=1S/C11H13N3S/c1-2-3-8-12-14-11-13-9-6-4-5-7-10(9)15-11/h4-8H,2-3H2,1H3,(H,13,14)/b12-8-. The normalized spacial score (nSPS) is 11.3. The lowest BCUT2D eigenvalue weighted by Crippen LogP contribution is -1.87. The second-order valence-corrected chi connectivity index (χ2v) is 4.23. The van der Waals surface area contributed by atoms with Gasteiger partial charge in [0.25, 0.3) is 0 Å². The quantitative estimate of drug-likeness (QED) is 0.631. The maximum Gasteiger partial charge on any atom is 0.204 e. The van der Waals surface area contributed by atoms with E-state index < -0.39 is 0 Å². The first-order chi connectivity index (χ1) is 7.40. The Morgan fingerprint density at radius 1 is 1.47 bits per heavy atom. The Morgan fingerprint density at radius 2 is 2.33 bits per heavy atom. The van der Waals surface area contributed by atoms with Gasteiger partial charge in [-0.25, -0.2) is 4.98 Å².